The molecule has 7 nitrogen and oxygen atoms in total. The summed E-state index contributed by atoms with van der Waals surface area (Å²) in [6.45, 7) is 12.7. The van der Waals surface area contributed by atoms with Crippen LogP contribution in [0, 0.1) is 12.7 Å². The van der Waals surface area contributed by atoms with Gasteiger partial charge in [-0.05, 0) is 49.3 Å². The number of ether oxygens (including phenoxy) is 1. The Balaban J connectivity index is 0.00000145. The highest BCUT2D eigenvalue weighted by Gasteiger charge is 2.26. The lowest BCUT2D eigenvalue weighted by molar-refractivity contribution is -0.136. The molecule has 1 aliphatic rings. The van der Waals surface area contributed by atoms with E-state index < -0.39 is 21.8 Å². The van der Waals surface area contributed by atoms with Crippen molar-refractivity contribution in [1.82, 2.24) is 8.71 Å². The van der Waals surface area contributed by atoms with Gasteiger partial charge in [0.2, 0.25) is 10.0 Å². The summed E-state index contributed by atoms with van der Waals surface area (Å²) in [5.41, 5.74) is 1.69. The van der Waals surface area contributed by atoms with Crippen LogP contribution in [0.15, 0.2) is 51.8 Å². The number of halogens is 2. The van der Waals surface area contributed by atoms with Gasteiger partial charge in [-0.1, -0.05) is 56.3 Å². The maximum atomic E-state index is 14.2. The molecule has 36 heavy (non-hydrogen) atoms. The van der Waals surface area contributed by atoms with E-state index in [-0.39, 0.29) is 29.6 Å². The van der Waals surface area contributed by atoms with E-state index in [1.807, 2.05) is 0 Å². The van der Waals surface area contributed by atoms with Crippen molar-refractivity contribution < 1.29 is 27.4 Å². The number of hydrogen-bond acceptors (Lipinski definition) is 5. The molecule has 0 saturated carbocycles. The van der Waals surface area contributed by atoms with Gasteiger partial charge in [-0.2, -0.15) is 4.31 Å². The topological polar surface area (TPSA) is 88.3 Å². The van der Waals surface area contributed by atoms with E-state index in [2.05, 4.69) is 20.4 Å². The fourth-order valence-corrected chi connectivity index (χ4v) is 5.97. The molecule has 2 aromatic rings. The van der Waals surface area contributed by atoms with E-state index in [0.717, 1.165) is 0 Å². The van der Waals surface area contributed by atoms with E-state index in [1.54, 1.807) is 26.0 Å². The number of thioether (sulfide) groups is 1. The van der Waals surface area contributed by atoms with Gasteiger partial charge in [0.25, 0.3) is 0 Å². The van der Waals surface area contributed by atoms with Gasteiger partial charge < -0.3 is 9.84 Å². The number of pyridine rings is 1. The third-order valence-electron chi connectivity index (χ3n) is 5.21. The van der Waals surface area contributed by atoms with Crippen LogP contribution in [0.4, 0.5) is 4.39 Å². The Morgan fingerprint density at radius 3 is 2.44 bits per heavy atom. The number of morpholine rings is 1. The first-order chi connectivity index (χ1) is 17.0. The Hall–Kier alpha value is -2.11. The molecule has 1 N–H and O–H groups in total. The largest absolute Gasteiger partial charge is 0.481 e. The van der Waals surface area contributed by atoms with Crippen molar-refractivity contribution in [2.75, 3.05) is 26.3 Å². The lowest BCUT2D eigenvalue weighted by atomic mass is 10.1. The number of carbonyl (C=O) groups is 1. The second kappa shape index (κ2) is 13.4. The lowest BCUT2D eigenvalue weighted by Gasteiger charge is -2.26. The number of fused-ring (bicyclic) bond motifs is 1. The molecular weight excluding hydrogens is 527 g/mol. The highest BCUT2D eigenvalue weighted by atomic mass is 35.5. The number of sulfonamides is 1. The molecule has 3 heterocycles. The van der Waals surface area contributed by atoms with E-state index in [4.69, 9.17) is 16.3 Å². The Kier molecular flexibility index (Phi) is 11.2. The molecule has 0 aliphatic carbocycles. The van der Waals surface area contributed by atoms with Crippen molar-refractivity contribution in [2.24, 2.45) is 0 Å². The van der Waals surface area contributed by atoms with Crippen LogP contribution >= 0.6 is 23.4 Å². The number of aliphatic carboxylic acids is 1. The molecule has 0 spiro atoms. The van der Waals surface area contributed by atoms with Gasteiger partial charge >= 0.3 is 5.97 Å². The Labute approximate surface area is 221 Å². The van der Waals surface area contributed by atoms with Gasteiger partial charge in [0.05, 0.1) is 35.1 Å². The summed E-state index contributed by atoms with van der Waals surface area (Å²) in [7, 11) is -3.71. The summed E-state index contributed by atoms with van der Waals surface area (Å²) < 4.78 is 47.7. The number of hydrogen-bond donors (Lipinski definition) is 1. The minimum absolute atomic E-state index is 0.0586. The maximum absolute atomic E-state index is 14.2. The van der Waals surface area contributed by atoms with E-state index in [1.165, 1.54) is 45.1 Å². The summed E-state index contributed by atoms with van der Waals surface area (Å²) in [5.74, 6) is -1.65. The molecular formula is C25H32ClFN2O5S2. The van der Waals surface area contributed by atoms with Crippen LogP contribution in [0.25, 0.3) is 5.52 Å². The molecule has 0 amide bonds. The smallest absolute Gasteiger partial charge is 0.307 e. The number of carboxylic acids is 1. The fourth-order valence-electron chi connectivity index (χ4n) is 3.44. The minimum Gasteiger partial charge on any atom is -0.481 e. The molecule has 0 unspecified atom stereocenters. The third-order valence-corrected chi connectivity index (χ3v) is 8.69. The second-order valence-corrected chi connectivity index (χ2v) is 11.4. The summed E-state index contributed by atoms with van der Waals surface area (Å²) >= 11 is 7.46. The molecule has 1 aliphatic heterocycles. The van der Waals surface area contributed by atoms with Gasteiger partial charge in [0, 0.05) is 18.0 Å². The highest BCUT2D eigenvalue weighted by molar-refractivity contribution is 8.03. The molecule has 0 radical (unpaired) electrons. The third kappa shape index (κ3) is 7.01. The predicted octanol–water partition coefficient (Wildman–Crippen LogP) is 5.81. The van der Waals surface area contributed by atoms with Gasteiger partial charge in [-0.25, -0.2) is 12.8 Å². The Bertz CT molecular complexity index is 1280. The van der Waals surface area contributed by atoms with Gasteiger partial charge in [-0.15, -0.1) is 0 Å². The zero-order valence-corrected chi connectivity index (χ0v) is 23.3. The highest BCUT2D eigenvalue weighted by Crippen LogP contribution is 2.38. The SMILES string of the molecule is C=C(/C=C\C(=C/C)Sc1c(C)c(CC(=O)O)c2ccc(F)c(Cl)n12)S(=O)(=O)N1CCOCC1.CCC. The second-order valence-electron chi connectivity index (χ2n) is 7.99. The zero-order valence-electron chi connectivity index (χ0n) is 20.9. The van der Waals surface area contributed by atoms with Gasteiger partial charge in [-0.3, -0.25) is 9.20 Å². The first kappa shape index (κ1) is 30.1. The number of nitrogens with zero attached hydrogens (tertiary/aromatic N) is 2. The van der Waals surface area contributed by atoms with Crippen molar-refractivity contribution in [1.29, 1.82) is 0 Å². The number of rotatable bonds is 8. The van der Waals surface area contributed by atoms with Crippen molar-refractivity contribution >= 4 is 44.9 Å². The minimum atomic E-state index is -3.71. The average Bonchev–Trinajstić information content (AvgIpc) is 3.10. The van der Waals surface area contributed by atoms with Gasteiger partial charge in [0.1, 0.15) is 0 Å². The molecule has 2 aromatic heterocycles. The van der Waals surface area contributed by atoms with Crippen LogP contribution < -0.4 is 0 Å². The Morgan fingerprint density at radius 1 is 1.28 bits per heavy atom. The van der Waals surface area contributed by atoms with Gasteiger partial charge in [0.15, 0.2) is 11.0 Å². The number of carboxylic acid groups (broad SMARTS) is 1. The number of allylic oxidation sites excluding steroid dienone is 3. The lowest BCUT2D eigenvalue weighted by Crippen LogP contribution is -2.40. The van der Waals surface area contributed by atoms with Crippen LogP contribution in [0.5, 0.6) is 0 Å². The molecule has 11 heteroatoms. The molecule has 1 saturated heterocycles. The molecule has 198 valence electrons. The molecule has 3 rings (SSSR count). The van der Waals surface area contributed by atoms with Crippen LogP contribution in [-0.4, -0.2) is 54.5 Å². The first-order valence-corrected chi connectivity index (χ1v) is 14.1. The van der Waals surface area contributed by atoms with E-state index in [0.29, 0.717) is 39.8 Å². The molecule has 0 bridgehead atoms. The van der Waals surface area contributed by atoms with Crippen molar-refractivity contribution in [3.05, 3.63) is 68.8 Å². The first-order valence-electron chi connectivity index (χ1n) is 11.5. The summed E-state index contributed by atoms with van der Waals surface area (Å²) in [5, 5.41) is 9.70. The monoisotopic (exact) mass is 558 g/mol. The normalized spacial score (nSPS) is 15.2. The molecule has 0 aromatic carbocycles. The van der Waals surface area contributed by atoms with Crippen molar-refractivity contribution in [3.63, 3.8) is 0 Å². The number of aromatic nitrogens is 1. The molecule has 1 fully saturated rings. The van der Waals surface area contributed by atoms with E-state index >= 15 is 0 Å². The molecule has 0 atom stereocenters. The van der Waals surface area contributed by atoms with Crippen LogP contribution in [0.3, 0.4) is 0 Å². The zero-order chi connectivity index (χ0) is 27.0. The standard InChI is InChI=1S/C22H24ClFN2O5S2.C3H8/c1-4-16(6-5-14(2)33(29,30)25-9-11-31-12-10-25)32-22-15(3)17(13-20(27)28)19-8-7-18(24)21(23)26(19)22;1-3-2/h4-8H,2,9-13H2,1,3H3,(H,27,28);3H2,1-2H3/b6-5-,16-4+;. The summed E-state index contributed by atoms with van der Waals surface area (Å²) in [6.07, 6.45) is 5.79. The van der Waals surface area contributed by atoms with Crippen LogP contribution in [0.2, 0.25) is 5.15 Å². The maximum Gasteiger partial charge on any atom is 0.307 e. The van der Waals surface area contributed by atoms with Crippen molar-refractivity contribution in [3.8, 4) is 0 Å². The Morgan fingerprint density at radius 2 is 1.89 bits per heavy atom. The summed E-state index contributed by atoms with van der Waals surface area (Å²) in [6, 6.07) is 2.70. The fraction of sp³-hybridized carbons (Fsp3) is 0.400. The predicted molar refractivity (Wildman–Crippen MR) is 144 cm³/mol. The van der Waals surface area contributed by atoms with Crippen LogP contribution in [-0.2, 0) is 26.0 Å². The average molecular weight is 559 g/mol. The van der Waals surface area contributed by atoms with E-state index in [9.17, 15) is 22.7 Å². The summed E-state index contributed by atoms with van der Waals surface area (Å²) in [4.78, 5) is 12.0. The van der Waals surface area contributed by atoms with Crippen LogP contribution in [0.1, 0.15) is 38.3 Å². The van der Waals surface area contributed by atoms with Crippen molar-refractivity contribution in [2.45, 2.75) is 45.6 Å². The quantitative estimate of drug-likeness (QED) is 0.250.